The first-order valence-electron chi connectivity index (χ1n) is 5.24. The molecule has 1 aromatic carbocycles. The van der Waals surface area contributed by atoms with Gasteiger partial charge in [-0.3, -0.25) is 4.79 Å². The van der Waals surface area contributed by atoms with Crippen LogP contribution < -0.4 is 5.43 Å². The SMILES string of the molecule is C/C(=N\NC(=O)C(C)(C)O)c1cc(Cl)ccc1Cl. The van der Waals surface area contributed by atoms with Gasteiger partial charge in [0.2, 0.25) is 0 Å². The van der Waals surface area contributed by atoms with Crippen LogP contribution in [0.25, 0.3) is 0 Å². The van der Waals surface area contributed by atoms with Crippen molar-refractivity contribution in [3.8, 4) is 0 Å². The maximum absolute atomic E-state index is 11.4. The minimum Gasteiger partial charge on any atom is -0.381 e. The molecule has 98 valence electrons. The van der Waals surface area contributed by atoms with Crippen LogP contribution in [0.3, 0.4) is 0 Å². The van der Waals surface area contributed by atoms with E-state index in [1.54, 1.807) is 25.1 Å². The summed E-state index contributed by atoms with van der Waals surface area (Å²) in [6.07, 6.45) is 0. The average Bonchev–Trinajstić information content (AvgIpc) is 2.27. The lowest BCUT2D eigenvalue weighted by molar-refractivity contribution is -0.136. The lowest BCUT2D eigenvalue weighted by Crippen LogP contribution is -2.39. The largest absolute Gasteiger partial charge is 0.381 e. The van der Waals surface area contributed by atoms with Crippen molar-refractivity contribution in [2.45, 2.75) is 26.4 Å². The zero-order valence-corrected chi connectivity index (χ0v) is 11.8. The molecule has 0 aliphatic carbocycles. The Kier molecular flexibility index (Phi) is 4.73. The number of halogens is 2. The summed E-state index contributed by atoms with van der Waals surface area (Å²) in [5.41, 5.74) is 1.91. The number of carbonyl (C=O) groups is 1. The third-order valence-electron chi connectivity index (χ3n) is 2.20. The van der Waals surface area contributed by atoms with E-state index in [4.69, 9.17) is 23.2 Å². The molecule has 0 unspecified atom stereocenters. The van der Waals surface area contributed by atoms with Gasteiger partial charge in [0.1, 0.15) is 5.60 Å². The first-order valence-corrected chi connectivity index (χ1v) is 6.00. The van der Waals surface area contributed by atoms with Crippen LogP contribution in [0.1, 0.15) is 26.3 Å². The molecule has 0 saturated heterocycles. The summed E-state index contributed by atoms with van der Waals surface area (Å²) in [6.45, 7) is 4.43. The number of benzene rings is 1. The van der Waals surface area contributed by atoms with Crippen molar-refractivity contribution in [2.24, 2.45) is 5.10 Å². The molecule has 1 aromatic rings. The molecule has 1 amide bonds. The maximum atomic E-state index is 11.4. The number of aliphatic hydroxyl groups is 1. The van der Waals surface area contributed by atoms with Crippen molar-refractivity contribution < 1.29 is 9.90 Å². The van der Waals surface area contributed by atoms with Crippen LogP contribution in [0.2, 0.25) is 10.0 Å². The number of hydrogen-bond donors (Lipinski definition) is 2. The van der Waals surface area contributed by atoms with Gasteiger partial charge < -0.3 is 5.11 Å². The van der Waals surface area contributed by atoms with Crippen LogP contribution >= 0.6 is 23.2 Å². The van der Waals surface area contributed by atoms with Gasteiger partial charge in [-0.05, 0) is 39.0 Å². The number of rotatable bonds is 3. The second-order valence-corrected chi connectivity index (χ2v) is 5.16. The van der Waals surface area contributed by atoms with Crippen LogP contribution in [-0.4, -0.2) is 22.3 Å². The Hall–Kier alpha value is -1.10. The van der Waals surface area contributed by atoms with E-state index in [-0.39, 0.29) is 0 Å². The molecule has 0 bridgehead atoms. The molecule has 4 nitrogen and oxygen atoms in total. The lowest BCUT2D eigenvalue weighted by atomic mass is 10.1. The second kappa shape index (κ2) is 5.69. The van der Waals surface area contributed by atoms with Gasteiger partial charge >= 0.3 is 0 Å². The highest BCUT2D eigenvalue weighted by molar-refractivity contribution is 6.36. The van der Waals surface area contributed by atoms with Crippen molar-refractivity contribution in [2.75, 3.05) is 0 Å². The summed E-state index contributed by atoms with van der Waals surface area (Å²) in [5, 5.41) is 14.3. The number of carbonyl (C=O) groups excluding carboxylic acids is 1. The van der Waals surface area contributed by atoms with Crippen molar-refractivity contribution in [1.82, 2.24) is 5.43 Å². The van der Waals surface area contributed by atoms with Gasteiger partial charge in [-0.1, -0.05) is 23.2 Å². The molecule has 0 aromatic heterocycles. The Morgan fingerprint density at radius 3 is 2.56 bits per heavy atom. The van der Waals surface area contributed by atoms with Crippen molar-refractivity contribution in [3.63, 3.8) is 0 Å². The predicted molar refractivity (Wildman–Crippen MR) is 73.1 cm³/mol. The molecule has 18 heavy (non-hydrogen) atoms. The highest BCUT2D eigenvalue weighted by Crippen LogP contribution is 2.21. The molecule has 0 aliphatic heterocycles. The maximum Gasteiger partial charge on any atom is 0.271 e. The van der Waals surface area contributed by atoms with Gasteiger partial charge in [0.15, 0.2) is 0 Å². The molecular formula is C12H14Cl2N2O2. The smallest absolute Gasteiger partial charge is 0.271 e. The summed E-state index contributed by atoms with van der Waals surface area (Å²) in [6, 6.07) is 4.96. The van der Waals surface area contributed by atoms with Crippen LogP contribution in [0.15, 0.2) is 23.3 Å². The fourth-order valence-corrected chi connectivity index (χ4v) is 1.53. The zero-order valence-electron chi connectivity index (χ0n) is 10.3. The Balaban J connectivity index is 2.90. The minimum atomic E-state index is -1.48. The van der Waals surface area contributed by atoms with Crippen molar-refractivity contribution in [3.05, 3.63) is 33.8 Å². The first kappa shape index (κ1) is 15.0. The zero-order chi connectivity index (χ0) is 13.9. The normalized spacial score (nSPS) is 12.4. The fourth-order valence-electron chi connectivity index (χ4n) is 1.11. The predicted octanol–water partition coefficient (Wildman–Crippen LogP) is 2.60. The molecule has 0 aliphatic rings. The molecule has 0 radical (unpaired) electrons. The van der Waals surface area contributed by atoms with E-state index >= 15 is 0 Å². The molecule has 1 rings (SSSR count). The van der Waals surface area contributed by atoms with E-state index in [1.165, 1.54) is 13.8 Å². The Bertz CT molecular complexity index is 493. The van der Waals surface area contributed by atoms with Gasteiger partial charge in [0.25, 0.3) is 5.91 Å². The Morgan fingerprint density at radius 2 is 2.00 bits per heavy atom. The lowest BCUT2D eigenvalue weighted by Gasteiger charge is -2.14. The van der Waals surface area contributed by atoms with E-state index in [0.717, 1.165) is 0 Å². The third-order valence-corrected chi connectivity index (χ3v) is 2.76. The van der Waals surface area contributed by atoms with Gasteiger partial charge in [-0.25, -0.2) is 5.43 Å². The van der Waals surface area contributed by atoms with Crippen molar-refractivity contribution in [1.29, 1.82) is 0 Å². The summed E-state index contributed by atoms with van der Waals surface area (Å²) >= 11 is 11.8. The molecule has 0 spiro atoms. The van der Waals surface area contributed by atoms with Crippen LogP contribution in [-0.2, 0) is 4.79 Å². The highest BCUT2D eigenvalue weighted by Gasteiger charge is 2.23. The minimum absolute atomic E-state index is 0.484. The van der Waals surface area contributed by atoms with E-state index < -0.39 is 11.5 Å². The second-order valence-electron chi connectivity index (χ2n) is 4.32. The Morgan fingerprint density at radius 1 is 1.39 bits per heavy atom. The van der Waals surface area contributed by atoms with E-state index in [2.05, 4.69) is 10.5 Å². The molecule has 6 heteroatoms. The quantitative estimate of drug-likeness (QED) is 0.663. The summed E-state index contributed by atoms with van der Waals surface area (Å²) in [5.74, 6) is -0.597. The third kappa shape index (κ3) is 3.98. The van der Waals surface area contributed by atoms with Gasteiger partial charge in [0.05, 0.1) is 5.71 Å². The van der Waals surface area contributed by atoms with Gasteiger partial charge in [-0.2, -0.15) is 5.10 Å². The fraction of sp³-hybridized carbons (Fsp3) is 0.333. The molecule has 0 atom stereocenters. The van der Waals surface area contributed by atoms with Gasteiger partial charge in [-0.15, -0.1) is 0 Å². The molecule has 0 saturated carbocycles. The summed E-state index contributed by atoms with van der Waals surface area (Å²) in [7, 11) is 0. The summed E-state index contributed by atoms with van der Waals surface area (Å²) < 4.78 is 0. The first-order chi connectivity index (χ1) is 8.21. The number of hydrazone groups is 1. The topological polar surface area (TPSA) is 61.7 Å². The number of hydrogen-bond acceptors (Lipinski definition) is 3. The monoisotopic (exact) mass is 288 g/mol. The van der Waals surface area contributed by atoms with Gasteiger partial charge in [0, 0.05) is 15.6 Å². The van der Waals surface area contributed by atoms with E-state index in [0.29, 0.717) is 21.3 Å². The number of amides is 1. The highest BCUT2D eigenvalue weighted by atomic mass is 35.5. The molecule has 2 N–H and O–H groups in total. The van der Waals surface area contributed by atoms with E-state index in [9.17, 15) is 9.90 Å². The molecular weight excluding hydrogens is 275 g/mol. The van der Waals surface area contributed by atoms with E-state index in [1.807, 2.05) is 0 Å². The van der Waals surface area contributed by atoms with Crippen LogP contribution in [0, 0.1) is 0 Å². The molecule has 0 fully saturated rings. The van der Waals surface area contributed by atoms with Crippen molar-refractivity contribution >= 4 is 34.8 Å². The Labute approximate surface area is 116 Å². The standard InChI is InChI=1S/C12H14Cl2N2O2/c1-7(15-16-11(17)12(2,3)18)9-6-8(13)4-5-10(9)14/h4-6,18H,1-3H3,(H,16,17)/b15-7+. The van der Waals surface area contributed by atoms with Crippen LogP contribution in [0.4, 0.5) is 0 Å². The molecule has 0 heterocycles. The van der Waals surface area contributed by atoms with Crippen LogP contribution in [0.5, 0.6) is 0 Å². The average molecular weight is 289 g/mol. The number of nitrogens with one attached hydrogen (secondary N) is 1. The summed E-state index contributed by atoms with van der Waals surface area (Å²) in [4.78, 5) is 11.4. The number of nitrogens with zero attached hydrogens (tertiary/aromatic N) is 1.